The molecule has 9 heteroatoms. The van der Waals surface area contributed by atoms with Crippen LogP contribution in [0.5, 0.6) is 5.75 Å². The zero-order chi connectivity index (χ0) is 13.2. The topological polar surface area (TPSA) is 110 Å². The van der Waals surface area contributed by atoms with Gasteiger partial charge in [0.25, 0.3) is 0 Å². The van der Waals surface area contributed by atoms with Crippen molar-refractivity contribution in [3.05, 3.63) is 23.3 Å². The minimum atomic E-state index is -5.17. The highest BCUT2D eigenvalue weighted by Crippen LogP contribution is 2.22. The Morgan fingerprint density at radius 2 is 2.06 bits per heavy atom. The SMILES string of the molecule is Cc1c(CN)cc(B(O)O)cc1OS(=O)(=O)F. The van der Waals surface area contributed by atoms with Gasteiger partial charge in [-0.25, -0.2) is 0 Å². The van der Waals surface area contributed by atoms with Gasteiger partial charge in [-0.1, -0.05) is 9.95 Å². The van der Waals surface area contributed by atoms with Gasteiger partial charge in [-0.05, 0) is 29.6 Å². The predicted octanol–water partition coefficient (Wildman–Crippen LogP) is -1.27. The van der Waals surface area contributed by atoms with Crippen LogP contribution in [-0.4, -0.2) is 25.6 Å². The number of hydrogen-bond acceptors (Lipinski definition) is 6. The molecule has 0 atom stereocenters. The lowest BCUT2D eigenvalue weighted by atomic mass is 9.78. The molecule has 0 saturated heterocycles. The number of nitrogens with two attached hydrogens (primary N) is 1. The molecule has 0 heterocycles. The molecule has 0 radical (unpaired) electrons. The van der Waals surface area contributed by atoms with Gasteiger partial charge < -0.3 is 20.0 Å². The van der Waals surface area contributed by atoms with Crippen molar-refractivity contribution in [2.45, 2.75) is 13.5 Å². The molecule has 0 aliphatic carbocycles. The lowest BCUT2D eigenvalue weighted by Gasteiger charge is -2.11. The summed E-state index contributed by atoms with van der Waals surface area (Å²) >= 11 is 0. The van der Waals surface area contributed by atoms with Crippen LogP contribution < -0.4 is 15.4 Å². The van der Waals surface area contributed by atoms with E-state index in [-0.39, 0.29) is 17.8 Å². The molecule has 0 aliphatic rings. The van der Waals surface area contributed by atoms with E-state index in [4.69, 9.17) is 15.8 Å². The highest BCUT2D eigenvalue weighted by molar-refractivity contribution is 7.81. The van der Waals surface area contributed by atoms with Crippen molar-refractivity contribution in [3.63, 3.8) is 0 Å². The zero-order valence-corrected chi connectivity index (χ0v) is 9.74. The first-order valence-electron chi connectivity index (χ1n) is 4.58. The lowest BCUT2D eigenvalue weighted by molar-refractivity contribution is 0.423. The Morgan fingerprint density at radius 1 is 1.47 bits per heavy atom. The van der Waals surface area contributed by atoms with Crippen molar-refractivity contribution in [2.24, 2.45) is 5.73 Å². The quantitative estimate of drug-likeness (QED) is 0.461. The van der Waals surface area contributed by atoms with Gasteiger partial charge in [-0.2, -0.15) is 8.42 Å². The van der Waals surface area contributed by atoms with Crippen LogP contribution in [0.25, 0.3) is 0 Å². The van der Waals surface area contributed by atoms with Gasteiger partial charge in [0.15, 0.2) is 0 Å². The molecule has 0 aromatic heterocycles. The van der Waals surface area contributed by atoms with Gasteiger partial charge in [0.05, 0.1) is 0 Å². The Kier molecular flexibility index (Phi) is 4.09. The Bertz CT molecular complexity index is 519. The first-order chi connectivity index (χ1) is 7.74. The summed E-state index contributed by atoms with van der Waals surface area (Å²) in [6, 6.07) is 2.40. The van der Waals surface area contributed by atoms with E-state index in [1.807, 2.05) is 0 Å². The predicted molar refractivity (Wildman–Crippen MR) is 59.6 cm³/mol. The van der Waals surface area contributed by atoms with Crippen LogP contribution in [-0.2, 0) is 17.0 Å². The monoisotopic (exact) mass is 263 g/mol. The largest absolute Gasteiger partial charge is 0.488 e. The van der Waals surface area contributed by atoms with Gasteiger partial charge in [0.1, 0.15) is 5.75 Å². The van der Waals surface area contributed by atoms with E-state index in [1.54, 1.807) is 0 Å². The molecule has 1 rings (SSSR count). The fourth-order valence-corrected chi connectivity index (χ4v) is 1.71. The fourth-order valence-electron chi connectivity index (χ4n) is 1.32. The minimum Gasteiger partial charge on any atom is -0.423 e. The maximum atomic E-state index is 12.4. The molecule has 1 aromatic carbocycles. The van der Waals surface area contributed by atoms with Crippen molar-refractivity contribution in [1.82, 2.24) is 0 Å². The first-order valence-corrected chi connectivity index (χ1v) is 5.89. The molecule has 4 N–H and O–H groups in total. The molecule has 0 spiro atoms. The standard InChI is InChI=1S/C8H11BFNO5S/c1-5-6(4-11)2-7(9(12)13)3-8(5)16-17(10,14)15/h2-3,12-13H,4,11H2,1H3. The minimum absolute atomic E-state index is 0.0229. The molecule has 6 nitrogen and oxygen atoms in total. The van der Waals surface area contributed by atoms with Crippen LogP contribution in [0.4, 0.5) is 3.89 Å². The molecule has 1 aromatic rings. The third kappa shape index (κ3) is 3.67. The summed E-state index contributed by atoms with van der Waals surface area (Å²) in [5.74, 6) is -0.321. The normalized spacial score (nSPS) is 11.4. The lowest BCUT2D eigenvalue weighted by Crippen LogP contribution is -2.31. The van der Waals surface area contributed by atoms with Crippen molar-refractivity contribution in [2.75, 3.05) is 0 Å². The highest BCUT2D eigenvalue weighted by atomic mass is 32.3. The van der Waals surface area contributed by atoms with Gasteiger partial charge in [-0.15, -0.1) is 0 Å². The summed E-state index contributed by atoms with van der Waals surface area (Å²) < 4.78 is 37.3. The molecule has 0 unspecified atom stereocenters. The summed E-state index contributed by atoms with van der Waals surface area (Å²) in [7, 11) is -7.00. The fraction of sp³-hybridized carbons (Fsp3) is 0.250. The summed E-state index contributed by atoms with van der Waals surface area (Å²) in [5, 5.41) is 17.9. The van der Waals surface area contributed by atoms with Crippen LogP contribution in [0.3, 0.4) is 0 Å². The Hall–Kier alpha value is -1.16. The summed E-state index contributed by atoms with van der Waals surface area (Å²) in [5.41, 5.74) is 6.10. The molecule has 0 fully saturated rings. The van der Waals surface area contributed by atoms with Crippen molar-refractivity contribution < 1.29 is 26.5 Å². The Morgan fingerprint density at radius 3 is 2.47 bits per heavy atom. The van der Waals surface area contributed by atoms with E-state index < -0.39 is 17.6 Å². The number of rotatable bonds is 4. The van der Waals surface area contributed by atoms with E-state index in [1.165, 1.54) is 13.0 Å². The maximum absolute atomic E-state index is 12.4. The van der Waals surface area contributed by atoms with Gasteiger partial charge in [-0.3, -0.25) is 0 Å². The highest BCUT2D eigenvalue weighted by Gasteiger charge is 2.19. The number of benzene rings is 1. The molecular formula is C8H11BFNO5S. The Balaban J connectivity index is 3.32. The van der Waals surface area contributed by atoms with E-state index in [2.05, 4.69) is 4.18 Å². The second-order valence-electron chi connectivity index (χ2n) is 3.36. The summed E-state index contributed by atoms with van der Waals surface area (Å²) in [4.78, 5) is 0. The van der Waals surface area contributed by atoms with Gasteiger partial charge in [0, 0.05) is 6.54 Å². The van der Waals surface area contributed by atoms with Crippen LogP contribution in [0, 0.1) is 6.92 Å². The van der Waals surface area contributed by atoms with Crippen LogP contribution in [0.15, 0.2) is 12.1 Å². The third-order valence-electron chi connectivity index (χ3n) is 2.20. The third-order valence-corrected chi connectivity index (χ3v) is 2.58. The molecule has 0 saturated carbocycles. The van der Waals surface area contributed by atoms with Crippen LogP contribution in [0.1, 0.15) is 11.1 Å². The molecule has 0 amide bonds. The van der Waals surface area contributed by atoms with Crippen LogP contribution in [0.2, 0.25) is 0 Å². The van der Waals surface area contributed by atoms with E-state index in [0.29, 0.717) is 11.1 Å². The second-order valence-corrected chi connectivity index (χ2v) is 4.31. The number of hydrogen-bond donors (Lipinski definition) is 3. The van der Waals surface area contributed by atoms with E-state index in [9.17, 15) is 12.3 Å². The van der Waals surface area contributed by atoms with E-state index >= 15 is 0 Å². The first kappa shape index (κ1) is 13.9. The van der Waals surface area contributed by atoms with Gasteiger partial charge >= 0.3 is 17.6 Å². The molecule has 0 bridgehead atoms. The van der Waals surface area contributed by atoms with Crippen molar-refractivity contribution >= 4 is 23.1 Å². The summed E-state index contributed by atoms with van der Waals surface area (Å²) in [6.07, 6.45) is 0. The van der Waals surface area contributed by atoms with Crippen molar-refractivity contribution in [3.8, 4) is 5.75 Å². The molecule has 17 heavy (non-hydrogen) atoms. The zero-order valence-electron chi connectivity index (χ0n) is 8.92. The molecule has 0 aliphatic heterocycles. The smallest absolute Gasteiger partial charge is 0.423 e. The van der Waals surface area contributed by atoms with E-state index in [0.717, 1.165) is 6.07 Å². The average Bonchev–Trinajstić information content (AvgIpc) is 2.18. The molecular weight excluding hydrogens is 252 g/mol. The maximum Gasteiger partial charge on any atom is 0.488 e. The van der Waals surface area contributed by atoms with Gasteiger partial charge in [0.2, 0.25) is 0 Å². The van der Waals surface area contributed by atoms with Crippen molar-refractivity contribution in [1.29, 1.82) is 0 Å². The Labute approximate surface area is 98.4 Å². The number of halogens is 1. The summed E-state index contributed by atoms with van der Waals surface area (Å²) in [6.45, 7) is 1.51. The second kappa shape index (κ2) is 5.00. The van der Waals surface area contributed by atoms with Crippen LogP contribution >= 0.6 is 0 Å². The molecule has 94 valence electrons. The average molecular weight is 263 g/mol.